The third-order valence-corrected chi connectivity index (χ3v) is 3.41. The van der Waals surface area contributed by atoms with Gasteiger partial charge in [0.1, 0.15) is 35.0 Å². The van der Waals surface area contributed by atoms with Crippen LogP contribution in [0.4, 0.5) is 4.79 Å². The molecule has 0 saturated carbocycles. The summed E-state index contributed by atoms with van der Waals surface area (Å²) in [6, 6.07) is 3.65. The highest BCUT2D eigenvalue weighted by Gasteiger charge is 2.20. The molecule has 132 valence electrons. The Bertz CT molecular complexity index is 841. The van der Waals surface area contributed by atoms with Gasteiger partial charge < -0.3 is 23.9 Å². The maximum Gasteiger partial charge on any atom is 0.407 e. The average molecular weight is 343 g/mol. The number of benzene rings is 1. The number of carbonyl (C=O) groups is 1. The van der Waals surface area contributed by atoms with Crippen LogP contribution in [-0.4, -0.2) is 24.8 Å². The molecular formula is C19H21NO5. The van der Waals surface area contributed by atoms with Gasteiger partial charge in [-0.25, -0.2) is 4.79 Å². The first-order chi connectivity index (χ1) is 11.8. The fraction of sp³-hybridized carbons (Fsp3) is 0.316. The van der Waals surface area contributed by atoms with E-state index in [-0.39, 0.29) is 6.61 Å². The number of furan rings is 1. The van der Waals surface area contributed by atoms with Crippen molar-refractivity contribution >= 4 is 23.1 Å². The minimum atomic E-state index is -0.531. The van der Waals surface area contributed by atoms with Gasteiger partial charge in [-0.05, 0) is 39.0 Å². The maximum atomic E-state index is 11.7. The Kier molecular flexibility index (Phi) is 4.44. The molecule has 0 radical (unpaired) electrons. The fourth-order valence-corrected chi connectivity index (χ4v) is 2.44. The van der Waals surface area contributed by atoms with Crippen molar-refractivity contribution in [1.82, 2.24) is 5.32 Å². The van der Waals surface area contributed by atoms with Crippen LogP contribution >= 0.6 is 0 Å². The highest BCUT2D eigenvalue weighted by atomic mass is 16.6. The van der Waals surface area contributed by atoms with Gasteiger partial charge in [-0.3, -0.25) is 0 Å². The molecule has 6 heteroatoms. The third kappa shape index (κ3) is 3.96. The van der Waals surface area contributed by atoms with E-state index in [1.54, 1.807) is 12.3 Å². The molecule has 0 unspecified atom stereocenters. The van der Waals surface area contributed by atoms with Crippen molar-refractivity contribution in [3.63, 3.8) is 0 Å². The molecule has 1 aromatic carbocycles. The number of rotatable bonds is 4. The lowest BCUT2D eigenvalue weighted by Crippen LogP contribution is -2.34. The lowest BCUT2D eigenvalue weighted by Gasteiger charge is -2.20. The summed E-state index contributed by atoms with van der Waals surface area (Å²) in [7, 11) is 0. The zero-order valence-electron chi connectivity index (χ0n) is 14.5. The van der Waals surface area contributed by atoms with Gasteiger partial charge in [0.2, 0.25) is 0 Å². The number of nitrogens with one attached hydrogen (secondary N) is 1. The predicted octanol–water partition coefficient (Wildman–Crippen LogP) is 4.26. The van der Waals surface area contributed by atoms with Crippen LogP contribution in [0.3, 0.4) is 0 Å². The van der Waals surface area contributed by atoms with Crippen LogP contribution in [-0.2, 0) is 4.74 Å². The van der Waals surface area contributed by atoms with Crippen LogP contribution < -0.4 is 14.8 Å². The summed E-state index contributed by atoms with van der Waals surface area (Å²) >= 11 is 0. The van der Waals surface area contributed by atoms with Gasteiger partial charge in [-0.2, -0.15) is 0 Å². The van der Waals surface area contributed by atoms with E-state index in [0.29, 0.717) is 29.4 Å². The molecule has 0 aliphatic carbocycles. The van der Waals surface area contributed by atoms with Crippen molar-refractivity contribution in [1.29, 1.82) is 0 Å². The van der Waals surface area contributed by atoms with Crippen LogP contribution in [0.5, 0.6) is 11.5 Å². The van der Waals surface area contributed by atoms with Crippen LogP contribution in [0.25, 0.3) is 17.0 Å². The molecule has 0 saturated heterocycles. The summed E-state index contributed by atoms with van der Waals surface area (Å²) in [6.07, 6.45) is 4.80. The van der Waals surface area contributed by atoms with Crippen molar-refractivity contribution < 1.29 is 23.4 Å². The van der Waals surface area contributed by atoms with Gasteiger partial charge in [-0.15, -0.1) is 0 Å². The first-order valence-electron chi connectivity index (χ1n) is 8.02. The summed E-state index contributed by atoms with van der Waals surface area (Å²) in [6.45, 7) is 9.83. The predicted molar refractivity (Wildman–Crippen MR) is 94.7 cm³/mol. The number of ether oxygens (including phenoxy) is 3. The summed E-state index contributed by atoms with van der Waals surface area (Å²) in [5.74, 6) is 1.83. The van der Waals surface area contributed by atoms with Gasteiger partial charge in [0.25, 0.3) is 0 Å². The van der Waals surface area contributed by atoms with Crippen molar-refractivity contribution in [3.05, 3.63) is 42.4 Å². The lowest BCUT2D eigenvalue weighted by atomic mass is 10.1. The van der Waals surface area contributed by atoms with Crippen molar-refractivity contribution in [3.8, 4) is 11.5 Å². The second-order valence-electron chi connectivity index (χ2n) is 6.63. The number of fused-ring (bicyclic) bond motifs is 2. The molecule has 1 aliphatic heterocycles. The number of alkyl carbamates (subject to hydrolysis) is 1. The molecular weight excluding hydrogens is 322 g/mol. The number of hydrogen-bond donors (Lipinski definition) is 1. The average Bonchev–Trinajstić information content (AvgIpc) is 2.96. The molecule has 6 nitrogen and oxygen atoms in total. The minimum absolute atomic E-state index is 0.283. The van der Waals surface area contributed by atoms with E-state index in [0.717, 1.165) is 10.9 Å². The van der Waals surface area contributed by atoms with E-state index >= 15 is 0 Å². The normalized spacial score (nSPS) is 13.3. The minimum Gasteiger partial charge on any atom is -0.490 e. The number of hydrogen-bond acceptors (Lipinski definition) is 5. The molecule has 0 spiro atoms. The van der Waals surface area contributed by atoms with Crippen molar-refractivity contribution in [2.24, 2.45) is 0 Å². The molecule has 0 atom stereocenters. The smallest absolute Gasteiger partial charge is 0.407 e. The first-order valence-corrected chi connectivity index (χ1v) is 8.02. The van der Waals surface area contributed by atoms with E-state index in [9.17, 15) is 4.79 Å². The van der Waals surface area contributed by atoms with Crippen LogP contribution in [0.2, 0.25) is 0 Å². The van der Waals surface area contributed by atoms with E-state index in [1.807, 2.05) is 39.0 Å². The third-order valence-electron chi connectivity index (χ3n) is 3.41. The molecule has 1 aromatic heterocycles. The van der Waals surface area contributed by atoms with E-state index in [4.69, 9.17) is 18.6 Å². The largest absolute Gasteiger partial charge is 0.490 e. The van der Waals surface area contributed by atoms with Crippen LogP contribution in [0, 0.1) is 0 Å². The zero-order chi connectivity index (χ0) is 18.0. The molecule has 1 N–H and O–H groups in total. The molecule has 1 amide bonds. The Balaban J connectivity index is 1.70. The van der Waals surface area contributed by atoms with Crippen LogP contribution in [0.1, 0.15) is 26.3 Å². The first kappa shape index (κ1) is 17.0. The topological polar surface area (TPSA) is 69.9 Å². The standard InChI is InChI=1S/C19H21NO5/c1-12-5-6-13-16(24-12)11-15-14(7-9-22-15)17(13)23-10-8-20-18(21)25-19(2,3)4/h5-7,9,11H,1,8,10H2,2-4H3,(H,20,21). The number of carbonyl (C=O) groups excluding carboxylic acids is 1. The zero-order valence-corrected chi connectivity index (χ0v) is 14.5. The molecule has 2 aromatic rings. The lowest BCUT2D eigenvalue weighted by molar-refractivity contribution is 0.0520. The molecule has 0 fully saturated rings. The maximum absolute atomic E-state index is 11.7. The summed E-state index contributed by atoms with van der Waals surface area (Å²) in [5, 5.41) is 3.51. The Hall–Kier alpha value is -2.89. The van der Waals surface area contributed by atoms with Crippen LogP contribution in [0.15, 0.2) is 41.2 Å². The SMILES string of the molecule is C=C1C=Cc2c(cc3occc3c2OCCNC(=O)OC(C)(C)C)O1. The Labute approximate surface area is 146 Å². The molecule has 1 aliphatic rings. The quantitative estimate of drug-likeness (QED) is 0.840. The molecule has 2 heterocycles. The second-order valence-corrected chi connectivity index (χ2v) is 6.63. The monoisotopic (exact) mass is 343 g/mol. The highest BCUT2D eigenvalue weighted by molar-refractivity contribution is 5.91. The molecule has 25 heavy (non-hydrogen) atoms. The number of allylic oxidation sites excluding steroid dienone is 1. The van der Waals surface area contributed by atoms with Gasteiger partial charge in [0, 0.05) is 6.07 Å². The highest BCUT2D eigenvalue weighted by Crippen LogP contribution is 2.41. The summed E-state index contributed by atoms with van der Waals surface area (Å²) in [5.41, 5.74) is 0.951. The Morgan fingerprint density at radius 3 is 2.88 bits per heavy atom. The number of amides is 1. The van der Waals surface area contributed by atoms with Crippen molar-refractivity contribution in [2.45, 2.75) is 26.4 Å². The fourth-order valence-electron chi connectivity index (χ4n) is 2.44. The Morgan fingerprint density at radius 1 is 1.32 bits per heavy atom. The Morgan fingerprint density at radius 2 is 2.12 bits per heavy atom. The van der Waals surface area contributed by atoms with Gasteiger partial charge in [-0.1, -0.05) is 6.58 Å². The summed E-state index contributed by atoms with van der Waals surface area (Å²) < 4.78 is 22.2. The van der Waals surface area contributed by atoms with Gasteiger partial charge in [0.15, 0.2) is 0 Å². The van der Waals surface area contributed by atoms with E-state index < -0.39 is 11.7 Å². The second kappa shape index (κ2) is 6.55. The van der Waals surface area contributed by atoms with Gasteiger partial charge >= 0.3 is 6.09 Å². The van der Waals surface area contributed by atoms with E-state index in [2.05, 4.69) is 11.9 Å². The molecule has 0 bridgehead atoms. The summed E-state index contributed by atoms with van der Waals surface area (Å²) in [4.78, 5) is 11.7. The van der Waals surface area contributed by atoms with Gasteiger partial charge in [0.05, 0.1) is 23.8 Å². The van der Waals surface area contributed by atoms with Crippen molar-refractivity contribution in [2.75, 3.05) is 13.2 Å². The molecule has 3 rings (SSSR count). The van der Waals surface area contributed by atoms with E-state index in [1.165, 1.54) is 0 Å².